The quantitative estimate of drug-likeness (QED) is 0.600. The fourth-order valence-corrected chi connectivity index (χ4v) is 4.92. The number of amides is 2. The van der Waals surface area contributed by atoms with Crippen molar-refractivity contribution >= 4 is 11.8 Å². The molecule has 0 saturated carbocycles. The zero-order valence-corrected chi connectivity index (χ0v) is 20.3. The van der Waals surface area contributed by atoms with E-state index in [1.165, 1.54) is 34.9 Å². The minimum atomic E-state index is -1.60. The Hall–Kier alpha value is -4.09. The summed E-state index contributed by atoms with van der Waals surface area (Å²) in [6.07, 6.45) is 2.88. The topological polar surface area (TPSA) is 110 Å². The molecular weight excluding hydrogens is 500 g/mol. The van der Waals surface area contributed by atoms with Crippen molar-refractivity contribution in [2.24, 2.45) is 0 Å². The molecule has 11 heteroatoms. The molecule has 3 heterocycles. The lowest BCUT2D eigenvalue weighted by Crippen LogP contribution is -2.51. The second-order valence-electron chi connectivity index (χ2n) is 9.10. The van der Waals surface area contributed by atoms with Gasteiger partial charge in [0.15, 0.2) is 17.7 Å². The first-order chi connectivity index (χ1) is 18.3. The number of nitrogens with zero attached hydrogens (tertiary/aromatic N) is 2. The van der Waals surface area contributed by atoms with Gasteiger partial charge in [-0.05, 0) is 17.7 Å². The number of carbonyl (C=O) groups is 2. The molecule has 4 atom stereocenters. The van der Waals surface area contributed by atoms with Gasteiger partial charge < -0.3 is 29.4 Å². The molecule has 3 aliphatic rings. The minimum Gasteiger partial charge on any atom is -0.503 e. The van der Waals surface area contributed by atoms with Crippen LogP contribution < -0.4 is 10.7 Å². The van der Waals surface area contributed by atoms with Gasteiger partial charge in [0.05, 0.1) is 19.2 Å². The summed E-state index contributed by atoms with van der Waals surface area (Å²) in [5.74, 6) is -3.23. The monoisotopic (exact) mass is 525 g/mol. The van der Waals surface area contributed by atoms with Crippen LogP contribution in [0.5, 0.6) is 5.75 Å². The Labute approximate surface area is 216 Å². The van der Waals surface area contributed by atoms with Gasteiger partial charge in [-0.15, -0.1) is 0 Å². The summed E-state index contributed by atoms with van der Waals surface area (Å²) in [5, 5.41) is 13.1. The van der Waals surface area contributed by atoms with E-state index in [1.807, 2.05) is 30.3 Å². The van der Waals surface area contributed by atoms with Crippen molar-refractivity contribution < 1.29 is 33.0 Å². The molecule has 0 radical (unpaired) electrons. The van der Waals surface area contributed by atoms with E-state index in [-0.39, 0.29) is 31.0 Å². The van der Waals surface area contributed by atoms with Crippen LogP contribution in [0, 0.1) is 0 Å². The molecule has 2 aliphatic heterocycles. The number of hydrogen-bond acceptors (Lipinski definition) is 6. The number of methoxy groups -OCH3 is 1. The van der Waals surface area contributed by atoms with Gasteiger partial charge in [0.1, 0.15) is 23.7 Å². The predicted molar refractivity (Wildman–Crippen MR) is 132 cm³/mol. The lowest BCUT2D eigenvalue weighted by Gasteiger charge is -2.34. The minimum absolute atomic E-state index is 0.0124. The van der Waals surface area contributed by atoms with Crippen molar-refractivity contribution in [2.75, 3.05) is 20.3 Å². The molecule has 1 saturated heterocycles. The number of carbonyl (C=O) groups excluding carboxylic acids is 2. The van der Waals surface area contributed by atoms with Crippen molar-refractivity contribution in [1.82, 2.24) is 14.8 Å². The van der Waals surface area contributed by atoms with Crippen molar-refractivity contribution in [3.05, 3.63) is 99.3 Å². The smallest absolute Gasteiger partial charge is 0.277 e. The summed E-state index contributed by atoms with van der Waals surface area (Å²) in [6, 6.07) is 8.80. The van der Waals surface area contributed by atoms with E-state index in [1.54, 1.807) is 0 Å². The maximum Gasteiger partial charge on any atom is 0.277 e. The van der Waals surface area contributed by atoms with Gasteiger partial charge in [0.2, 0.25) is 5.43 Å². The van der Waals surface area contributed by atoms with Crippen LogP contribution in [0.2, 0.25) is 0 Å². The van der Waals surface area contributed by atoms with Crippen molar-refractivity contribution in [1.29, 1.82) is 0 Å². The Morgan fingerprint density at radius 1 is 1.26 bits per heavy atom. The Kier molecular flexibility index (Phi) is 6.96. The fraction of sp³-hybridized carbons (Fsp3) is 0.296. The summed E-state index contributed by atoms with van der Waals surface area (Å²) in [4.78, 5) is 40.7. The molecule has 1 fully saturated rings. The molecule has 2 aromatic rings. The number of alkyl halides is 1. The van der Waals surface area contributed by atoms with E-state index in [0.717, 1.165) is 17.7 Å². The third-order valence-corrected chi connectivity index (χ3v) is 6.72. The van der Waals surface area contributed by atoms with Crippen LogP contribution in [0.15, 0.2) is 77.0 Å². The SMILES string of the molecule is COCC1[C@H](c2ccccc2)OC2Cn3cc(C(=O)NCC4=CC=CC(F)C=C4F)c(=O)c(O)c3C(=O)N21. The molecule has 0 bridgehead atoms. The van der Waals surface area contributed by atoms with Crippen LogP contribution in [0.4, 0.5) is 8.78 Å². The largest absolute Gasteiger partial charge is 0.503 e. The van der Waals surface area contributed by atoms with Crippen LogP contribution in [0.1, 0.15) is 32.5 Å². The molecule has 1 aromatic heterocycles. The third kappa shape index (κ3) is 4.54. The molecule has 5 rings (SSSR count). The predicted octanol–water partition coefficient (Wildman–Crippen LogP) is 2.54. The van der Waals surface area contributed by atoms with Crippen LogP contribution in [0.25, 0.3) is 0 Å². The zero-order valence-electron chi connectivity index (χ0n) is 20.3. The summed E-state index contributed by atoms with van der Waals surface area (Å²) < 4.78 is 40.5. The Morgan fingerprint density at radius 2 is 2.03 bits per heavy atom. The number of pyridine rings is 1. The lowest BCUT2D eigenvalue weighted by molar-refractivity contribution is -0.0155. The highest BCUT2D eigenvalue weighted by atomic mass is 19.1. The van der Waals surface area contributed by atoms with Crippen molar-refractivity contribution in [2.45, 2.75) is 31.1 Å². The van der Waals surface area contributed by atoms with Gasteiger partial charge in [-0.3, -0.25) is 14.4 Å². The molecule has 1 aliphatic carbocycles. The van der Waals surface area contributed by atoms with E-state index in [9.17, 15) is 28.3 Å². The van der Waals surface area contributed by atoms with E-state index in [4.69, 9.17) is 9.47 Å². The van der Waals surface area contributed by atoms with Crippen LogP contribution in [0.3, 0.4) is 0 Å². The van der Waals surface area contributed by atoms with E-state index in [0.29, 0.717) is 0 Å². The zero-order chi connectivity index (χ0) is 27.0. The van der Waals surface area contributed by atoms with Crippen molar-refractivity contribution in [3.8, 4) is 5.75 Å². The second kappa shape index (κ2) is 10.3. The molecule has 1 aromatic carbocycles. The molecule has 9 nitrogen and oxygen atoms in total. The molecule has 38 heavy (non-hydrogen) atoms. The molecule has 2 amide bonds. The molecule has 2 N–H and O–H groups in total. The van der Waals surface area contributed by atoms with Gasteiger partial charge in [-0.25, -0.2) is 8.78 Å². The van der Waals surface area contributed by atoms with Crippen LogP contribution >= 0.6 is 0 Å². The maximum absolute atomic E-state index is 14.2. The highest BCUT2D eigenvalue weighted by Gasteiger charge is 2.49. The van der Waals surface area contributed by atoms with Gasteiger partial charge in [0, 0.05) is 25.4 Å². The van der Waals surface area contributed by atoms with Gasteiger partial charge in [-0.1, -0.05) is 42.5 Å². The van der Waals surface area contributed by atoms with Crippen LogP contribution in [-0.4, -0.2) is 65.1 Å². The lowest BCUT2D eigenvalue weighted by atomic mass is 10.0. The summed E-state index contributed by atoms with van der Waals surface area (Å²) in [7, 11) is 1.50. The van der Waals surface area contributed by atoms with E-state index in [2.05, 4.69) is 5.32 Å². The number of aromatic hydroxyl groups is 1. The average Bonchev–Trinajstić information content (AvgIpc) is 3.17. The first kappa shape index (κ1) is 25.6. The standard InChI is InChI=1S/C27H25F2N3O6/c1-37-14-20-25(15-6-3-2-4-7-15)38-21-13-31-12-18(23(33)24(34)22(31)27(36)32(20)21)26(35)30-11-16-8-5-9-17(28)10-19(16)29/h2-10,12,17,20-21,25,34H,11,13-14H2,1H3,(H,30,35)/t17?,20?,21?,25-/m0/s1. The number of benzene rings is 1. The first-order valence-corrected chi connectivity index (χ1v) is 12.0. The number of fused-ring (bicyclic) bond motifs is 2. The average molecular weight is 526 g/mol. The number of halogens is 2. The maximum atomic E-state index is 14.2. The number of ether oxygens (including phenoxy) is 2. The fourth-order valence-electron chi connectivity index (χ4n) is 4.92. The molecule has 3 unspecified atom stereocenters. The highest BCUT2D eigenvalue weighted by Crippen LogP contribution is 2.39. The van der Waals surface area contributed by atoms with Gasteiger partial charge in [-0.2, -0.15) is 0 Å². The Balaban J connectivity index is 1.42. The van der Waals surface area contributed by atoms with E-state index < -0.39 is 58.9 Å². The number of aromatic nitrogens is 1. The highest BCUT2D eigenvalue weighted by molar-refractivity contribution is 5.99. The Morgan fingerprint density at radius 3 is 2.76 bits per heavy atom. The summed E-state index contributed by atoms with van der Waals surface area (Å²) >= 11 is 0. The number of allylic oxidation sites excluding steroid dienone is 4. The third-order valence-electron chi connectivity index (χ3n) is 6.72. The molecule has 0 spiro atoms. The number of hydrogen-bond donors (Lipinski definition) is 2. The van der Waals surface area contributed by atoms with E-state index >= 15 is 0 Å². The molecule has 198 valence electrons. The van der Waals surface area contributed by atoms with Gasteiger partial charge >= 0.3 is 0 Å². The van der Waals surface area contributed by atoms with Crippen LogP contribution in [-0.2, 0) is 16.0 Å². The summed E-state index contributed by atoms with van der Waals surface area (Å²) in [5.41, 5.74) is -0.893. The van der Waals surface area contributed by atoms with Gasteiger partial charge in [0.25, 0.3) is 11.8 Å². The first-order valence-electron chi connectivity index (χ1n) is 12.0. The Bertz CT molecular complexity index is 1420. The van der Waals surface area contributed by atoms with Crippen molar-refractivity contribution in [3.63, 3.8) is 0 Å². The number of nitrogens with one attached hydrogen (secondary N) is 1. The molecular formula is C27H25F2N3O6. The second-order valence-corrected chi connectivity index (χ2v) is 9.10. The summed E-state index contributed by atoms with van der Waals surface area (Å²) in [6.45, 7) is -0.119. The normalized spacial score (nSPS) is 24.3. The number of rotatable bonds is 6.